The van der Waals surface area contributed by atoms with Crippen LogP contribution in [0.5, 0.6) is 0 Å². The number of carbonyl (C=O) groups excluding carboxylic acids is 1. The Bertz CT molecular complexity index is 732. The number of carbonyl (C=O) groups is 1. The third kappa shape index (κ3) is 3.93. The van der Waals surface area contributed by atoms with Crippen LogP contribution in [0.15, 0.2) is 35.1 Å². The molecule has 2 aromatic rings. The van der Waals surface area contributed by atoms with Gasteiger partial charge >= 0.3 is 6.18 Å². The molecule has 0 aliphatic heterocycles. The Morgan fingerprint density at radius 3 is 2.35 bits per heavy atom. The summed E-state index contributed by atoms with van der Waals surface area (Å²) in [5.41, 5.74) is -2.17. The van der Waals surface area contributed by atoms with Crippen molar-refractivity contribution in [2.75, 3.05) is 0 Å². The van der Waals surface area contributed by atoms with Gasteiger partial charge in [-0.1, -0.05) is 12.1 Å². The number of rotatable bonds is 2. The normalized spacial score (nSPS) is 12.3. The number of benzene rings is 1. The Morgan fingerprint density at radius 2 is 1.83 bits per heavy atom. The van der Waals surface area contributed by atoms with Crippen LogP contribution in [0.25, 0.3) is 5.69 Å². The van der Waals surface area contributed by atoms with Crippen molar-refractivity contribution in [3.63, 3.8) is 0 Å². The molecule has 0 fully saturated rings. The number of halogens is 4. The van der Waals surface area contributed by atoms with Gasteiger partial charge in [0, 0.05) is 10.0 Å². The predicted octanol–water partition coefficient (Wildman–Crippen LogP) is 4.18. The number of imidazole rings is 1. The molecule has 0 aliphatic carbocycles. The highest BCUT2D eigenvalue weighted by Crippen LogP contribution is 2.35. The summed E-state index contributed by atoms with van der Waals surface area (Å²) in [6, 6.07) is 6.41. The summed E-state index contributed by atoms with van der Waals surface area (Å²) >= 11 is 3.21. The lowest BCUT2D eigenvalue weighted by Gasteiger charge is -2.20. The minimum Gasteiger partial charge on any atom is -0.346 e. The van der Waals surface area contributed by atoms with Crippen LogP contribution in [0.1, 0.15) is 37.0 Å². The smallest absolute Gasteiger partial charge is 0.346 e. The topological polar surface area (TPSA) is 46.9 Å². The molecule has 1 aromatic heterocycles. The summed E-state index contributed by atoms with van der Waals surface area (Å²) < 4.78 is 41.8. The molecular weight excluding hydrogens is 375 g/mol. The second-order valence-electron chi connectivity index (χ2n) is 5.97. The van der Waals surface area contributed by atoms with Gasteiger partial charge in [-0.3, -0.25) is 9.36 Å². The van der Waals surface area contributed by atoms with E-state index in [1.807, 2.05) is 0 Å². The van der Waals surface area contributed by atoms with Crippen molar-refractivity contribution in [2.45, 2.75) is 32.5 Å². The van der Waals surface area contributed by atoms with Gasteiger partial charge in [0.05, 0.1) is 5.69 Å². The zero-order chi connectivity index (χ0) is 17.4. The second-order valence-corrected chi connectivity index (χ2v) is 6.82. The van der Waals surface area contributed by atoms with E-state index in [0.29, 0.717) is 4.47 Å². The van der Waals surface area contributed by atoms with E-state index in [0.717, 1.165) is 10.9 Å². The lowest BCUT2D eigenvalue weighted by molar-refractivity contribution is -0.142. The van der Waals surface area contributed by atoms with Gasteiger partial charge in [0.15, 0.2) is 11.4 Å². The maximum Gasteiger partial charge on any atom is 0.434 e. The van der Waals surface area contributed by atoms with Crippen molar-refractivity contribution in [1.82, 2.24) is 14.9 Å². The number of aromatic nitrogens is 2. The molecule has 1 aromatic carbocycles. The summed E-state index contributed by atoms with van der Waals surface area (Å²) in [5.74, 6) is -0.865. The molecule has 0 radical (unpaired) electrons. The van der Waals surface area contributed by atoms with E-state index in [2.05, 4.69) is 26.2 Å². The highest BCUT2D eigenvalue weighted by molar-refractivity contribution is 9.10. The van der Waals surface area contributed by atoms with E-state index >= 15 is 0 Å². The van der Waals surface area contributed by atoms with Crippen molar-refractivity contribution >= 4 is 21.8 Å². The maximum atomic E-state index is 13.5. The maximum absolute atomic E-state index is 13.5. The molecule has 0 atom stereocenters. The summed E-state index contributed by atoms with van der Waals surface area (Å²) in [4.78, 5) is 15.9. The third-order valence-corrected chi connectivity index (χ3v) is 3.52. The minimum absolute atomic E-state index is 0.252. The second kappa shape index (κ2) is 5.99. The number of hydrogen-bond acceptors (Lipinski definition) is 2. The quantitative estimate of drug-likeness (QED) is 0.837. The number of para-hydroxylation sites is 1. The molecule has 2 rings (SSSR count). The summed E-state index contributed by atoms with van der Waals surface area (Å²) in [7, 11) is 0. The molecule has 0 unspecified atom stereocenters. The number of nitrogens with one attached hydrogen (secondary N) is 1. The van der Waals surface area contributed by atoms with Crippen LogP contribution in [-0.4, -0.2) is 21.0 Å². The standard InChI is InChI=1S/C15H15BrF3N3O/c1-14(2,3)21-13(23)11-12(15(17,18)19)22(8-20-11)10-7-5-4-6-9(10)16/h4-8H,1-3H3,(H,21,23). The Labute approximate surface area is 139 Å². The Kier molecular flexibility index (Phi) is 4.57. The van der Waals surface area contributed by atoms with E-state index in [9.17, 15) is 18.0 Å². The fourth-order valence-electron chi connectivity index (χ4n) is 2.01. The number of hydrogen-bond donors (Lipinski definition) is 1. The van der Waals surface area contributed by atoms with E-state index in [4.69, 9.17) is 0 Å². The van der Waals surface area contributed by atoms with Crippen LogP contribution in [0.3, 0.4) is 0 Å². The molecule has 124 valence electrons. The van der Waals surface area contributed by atoms with Gasteiger partial charge in [-0.05, 0) is 48.8 Å². The molecule has 0 saturated heterocycles. The lowest BCUT2D eigenvalue weighted by Crippen LogP contribution is -2.41. The van der Waals surface area contributed by atoms with Gasteiger partial charge in [-0.2, -0.15) is 13.2 Å². The van der Waals surface area contributed by atoms with Crippen LogP contribution in [0.2, 0.25) is 0 Å². The summed E-state index contributed by atoms with van der Waals surface area (Å²) in [5, 5.41) is 2.50. The predicted molar refractivity (Wildman–Crippen MR) is 83.5 cm³/mol. The van der Waals surface area contributed by atoms with Crippen molar-refractivity contribution in [1.29, 1.82) is 0 Å². The fraction of sp³-hybridized carbons (Fsp3) is 0.333. The van der Waals surface area contributed by atoms with Crippen molar-refractivity contribution < 1.29 is 18.0 Å². The summed E-state index contributed by atoms with van der Waals surface area (Å²) in [6.45, 7) is 5.05. The first-order chi connectivity index (χ1) is 10.5. The molecule has 0 aliphatic rings. The van der Waals surface area contributed by atoms with Crippen molar-refractivity contribution in [3.05, 3.63) is 46.5 Å². The molecular formula is C15H15BrF3N3O. The Morgan fingerprint density at radius 1 is 1.22 bits per heavy atom. The number of alkyl halides is 3. The first-order valence-electron chi connectivity index (χ1n) is 6.72. The highest BCUT2D eigenvalue weighted by Gasteiger charge is 2.41. The first kappa shape index (κ1) is 17.5. The fourth-order valence-corrected chi connectivity index (χ4v) is 2.49. The molecule has 4 nitrogen and oxygen atoms in total. The van der Waals surface area contributed by atoms with E-state index in [1.165, 1.54) is 6.07 Å². The zero-order valence-corrected chi connectivity index (χ0v) is 14.3. The van der Waals surface area contributed by atoms with Crippen molar-refractivity contribution in [3.8, 4) is 5.69 Å². The Balaban J connectivity index is 2.60. The van der Waals surface area contributed by atoms with E-state index in [-0.39, 0.29) is 5.69 Å². The van der Waals surface area contributed by atoms with Gasteiger partial charge in [0.2, 0.25) is 0 Å². The van der Waals surface area contributed by atoms with Crippen LogP contribution in [-0.2, 0) is 6.18 Å². The van der Waals surface area contributed by atoms with Crippen LogP contribution in [0.4, 0.5) is 13.2 Å². The molecule has 8 heteroatoms. The highest BCUT2D eigenvalue weighted by atomic mass is 79.9. The summed E-state index contributed by atoms with van der Waals surface area (Å²) in [6.07, 6.45) is -3.73. The van der Waals surface area contributed by atoms with Gasteiger partial charge in [0.25, 0.3) is 5.91 Å². The van der Waals surface area contributed by atoms with Gasteiger partial charge in [0.1, 0.15) is 6.33 Å². The number of amides is 1. The largest absolute Gasteiger partial charge is 0.434 e. The van der Waals surface area contributed by atoms with Gasteiger partial charge < -0.3 is 5.32 Å². The third-order valence-electron chi connectivity index (χ3n) is 2.85. The molecule has 1 amide bonds. The van der Waals surface area contributed by atoms with Crippen molar-refractivity contribution in [2.24, 2.45) is 0 Å². The Hall–Kier alpha value is -1.83. The monoisotopic (exact) mass is 389 g/mol. The van der Waals surface area contributed by atoms with Crippen LogP contribution in [0, 0.1) is 0 Å². The number of nitrogens with zero attached hydrogens (tertiary/aromatic N) is 2. The van der Waals surface area contributed by atoms with Crippen LogP contribution < -0.4 is 5.32 Å². The molecule has 1 N–H and O–H groups in total. The zero-order valence-electron chi connectivity index (χ0n) is 12.7. The average molecular weight is 390 g/mol. The van der Waals surface area contributed by atoms with Crippen LogP contribution >= 0.6 is 15.9 Å². The van der Waals surface area contributed by atoms with E-state index < -0.39 is 29.0 Å². The van der Waals surface area contributed by atoms with Gasteiger partial charge in [-0.15, -0.1) is 0 Å². The first-order valence-corrected chi connectivity index (χ1v) is 7.52. The molecule has 1 heterocycles. The minimum atomic E-state index is -4.73. The molecule has 0 bridgehead atoms. The molecule has 0 spiro atoms. The van der Waals surface area contributed by atoms with Gasteiger partial charge in [-0.25, -0.2) is 4.98 Å². The van der Waals surface area contributed by atoms with E-state index in [1.54, 1.807) is 39.0 Å². The lowest BCUT2D eigenvalue weighted by atomic mass is 10.1. The average Bonchev–Trinajstić information content (AvgIpc) is 2.81. The molecule has 23 heavy (non-hydrogen) atoms. The SMILES string of the molecule is CC(C)(C)NC(=O)c1ncn(-c2ccccc2Br)c1C(F)(F)F. The molecule has 0 saturated carbocycles.